The van der Waals surface area contributed by atoms with Gasteiger partial charge in [-0.1, -0.05) is 95.1 Å². The molecule has 1 aliphatic carbocycles. The summed E-state index contributed by atoms with van der Waals surface area (Å²) in [4.78, 5) is 12.5. The van der Waals surface area contributed by atoms with Crippen LogP contribution in [0.15, 0.2) is 66.8 Å². The second-order valence-corrected chi connectivity index (χ2v) is 9.09. The molecule has 0 aliphatic heterocycles. The molecule has 1 atom stereocenters. The summed E-state index contributed by atoms with van der Waals surface area (Å²) in [5, 5.41) is 0. The van der Waals surface area contributed by atoms with Crippen molar-refractivity contribution in [2.24, 2.45) is 0 Å². The maximum absolute atomic E-state index is 12.5. The molecule has 0 spiro atoms. The average molecular weight is 460 g/mol. The van der Waals surface area contributed by atoms with Crippen LogP contribution in [0, 0.1) is 6.08 Å². The van der Waals surface area contributed by atoms with Crippen LogP contribution in [0.1, 0.15) is 99.4 Å². The van der Waals surface area contributed by atoms with Gasteiger partial charge < -0.3 is 9.47 Å². The number of hydrogen-bond acceptors (Lipinski definition) is 3. The molecule has 0 saturated heterocycles. The fourth-order valence-corrected chi connectivity index (χ4v) is 4.18. The van der Waals surface area contributed by atoms with E-state index in [1.165, 1.54) is 63.4 Å². The molecule has 3 heteroatoms. The third kappa shape index (κ3) is 9.21. The van der Waals surface area contributed by atoms with Gasteiger partial charge in [-0.3, -0.25) is 0 Å². The van der Waals surface area contributed by atoms with Gasteiger partial charge in [0.1, 0.15) is 11.5 Å². The van der Waals surface area contributed by atoms with Crippen molar-refractivity contribution in [2.75, 3.05) is 6.61 Å². The minimum Gasteiger partial charge on any atom is -0.494 e. The van der Waals surface area contributed by atoms with E-state index in [1.54, 1.807) is 12.1 Å². The first kappa shape index (κ1) is 25.8. The normalized spacial score (nSPS) is 14.8. The Morgan fingerprint density at radius 3 is 2.06 bits per heavy atom. The average Bonchev–Trinajstić information content (AvgIpc) is 2.88. The van der Waals surface area contributed by atoms with Crippen LogP contribution >= 0.6 is 0 Å². The largest absolute Gasteiger partial charge is 0.494 e. The summed E-state index contributed by atoms with van der Waals surface area (Å²) in [6.45, 7) is 2.98. The Labute approximate surface area is 205 Å². The molecule has 3 nitrogen and oxygen atoms in total. The highest BCUT2D eigenvalue weighted by Crippen LogP contribution is 2.26. The summed E-state index contributed by atoms with van der Waals surface area (Å²) < 4.78 is 11.4. The number of carbonyl (C=O) groups excluding carboxylic acids is 1. The lowest BCUT2D eigenvalue weighted by Crippen LogP contribution is -2.08. The fourth-order valence-electron chi connectivity index (χ4n) is 4.18. The first-order chi connectivity index (χ1) is 16.8. The molecule has 0 N–H and O–H groups in total. The molecule has 1 aliphatic rings. The Hall–Kier alpha value is -2.81. The molecular formula is C31H39O3. The highest BCUT2D eigenvalue weighted by molar-refractivity contribution is 5.91. The number of hydrogen-bond donors (Lipinski definition) is 0. The third-order valence-electron chi connectivity index (χ3n) is 6.29. The molecule has 2 aromatic carbocycles. The lowest BCUT2D eigenvalue weighted by atomic mass is 9.93. The Kier molecular flexibility index (Phi) is 11.5. The Balaban J connectivity index is 1.30. The van der Waals surface area contributed by atoms with Gasteiger partial charge in [-0.15, -0.1) is 0 Å². The summed E-state index contributed by atoms with van der Waals surface area (Å²) in [5.74, 6) is 1.35. The van der Waals surface area contributed by atoms with Crippen molar-refractivity contribution in [2.45, 2.75) is 83.5 Å². The van der Waals surface area contributed by atoms with E-state index in [4.69, 9.17) is 9.47 Å². The topological polar surface area (TPSA) is 35.5 Å². The summed E-state index contributed by atoms with van der Waals surface area (Å²) in [5.41, 5.74) is 1.73. The number of esters is 1. The highest BCUT2D eigenvalue weighted by Gasteiger charge is 2.11. The van der Waals surface area contributed by atoms with E-state index in [0.717, 1.165) is 25.2 Å². The van der Waals surface area contributed by atoms with Gasteiger partial charge in [0.05, 0.1) is 12.2 Å². The molecule has 0 fully saturated rings. The zero-order valence-electron chi connectivity index (χ0n) is 20.6. The van der Waals surface area contributed by atoms with E-state index in [0.29, 0.717) is 17.2 Å². The number of allylic oxidation sites excluding steroid dienone is 4. The molecule has 2 aromatic rings. The van der Waals surface area contributed by atoms with Crippen LogP contribution < -0.4 is 9.47 Å². The zero-order valence-corrected chi connectivity index (χ0v) is 20.6. The zero-order chi connectivity index (χ0) is 23.8. The van der Waals surface area contributed by atoms with Crippen molar-refractivity contribution in [3.05, 3.63) is 84.0 Å². The molecule has 3 rings (SSSR count). The monoisotopic (exact) mass is 459 g/mol. The summed E-state index contributed by atoms with van der Waals surface area (Å²) >= 11 is 0. The van der Waals surface area contributed by atoms with Crippen LogP contribution in [0.3, 0.4) is 0 Å². The second kappa shape index (κ2) is 15.2. The number of ether oxygens (including phenoxy) is 2. The molecule has 181 valence electrons. The Bertz CT molecular complexity index is 893. The van der Waals surface area contributed by atoms with Crippen molar-refractivity contribution in [3.63, 3.8) is 0 Å². The fraction of sp³-hybridized carbons (Fsp3) is 0.452. The molecular weight excluding hydrogens is 420 g/mol. The predicted molar refractivity (Wildman–Crippen MR) is 139 cm³/mol. The van der Waals surface area contributed by atoms with Gasteiger partial charge in [-0.25, -0.2) is 4.79 Å². The van der Waals surface area contributed by atoms with Gasteiger partial charge in [0.2, 0.25) is 0 Å². The maximum Gasteiger partial charge on any atom is 0.343 e. The van der Waals surface area contributed by atoms with Crippen LogP contribution in [0.25, 0.3) is 0 Å². The van der Waals surface area contributed by atoms with Crippen molar-refractivity contribution >= 4 is 5.97 Å². The molecule has 0 saturated carbocycles. The standard InChI is InChI=1S/C31H39O3/c1-2-3-4-5-6-7-8-9-10-14-25-33-29-21-19-28(20-22-29)31(32)34-30-23-17-27(18-24-30)26-15-12-11-13-16-26/h12-13,15,17-24,26H,2-10,14,16,25H2,1H3. The highest BCUT2D eigenvalue weighted by atomic mass is 16.5. The summed E-state index contributed by atoms with van der Waals surface area (Å²) in [6, 6.07) is 15.0. The van der Waals surface area contributed by atoms with E-state index in [-0.39, 0.29) is 5.97 Å². The van der Waals surface area contributed by atoms with Crippen LogP contribution in [-0.2, 0) is 0 Å². The van der Waals surface area contributed by atoms with Gasteiger partial charge in [0, 0.05) is 5.92 Å². The maximum atomic E-state index is 12.5. The van der Waals surface area contributed by atoms with Crippen LogP contribution in [0.5, 0.6) is 11.5 Å². The van der Waals surface area contributed by atoms with Gasteiger partial charge in [0.15, 0.2) is 0 Å². The Morgan fingerprint density at radius 1 is 0.824 bits per heavy atom. The van der Waals surface area contributed by atoms with Crippen molar-refractivity contribution in [3.8, 4) is 11.5 Å². The third-order valence-corrected chi connectivity index (χ3v) is 6.29. The molecule has 0 bridgehead atoms. The minimum atomic E-state index is -0.357. The molecule has 34 heavy (non-hydrogen) atoms. The molecule has 0 heterocycles. The van der Waals surface area contributed by atoms with Crippen molar-refractivity contribution in [1.82, 2.24) is 0 Å². The van der Waals surface area contributed by atoms with Gasteiger partial charge >= 0.3 is 5.97 Å². The Morgan fingerprint density at radius 2 is 1.44 bits per heavy atom. The number of unbranched alkanes of at least 4 members (excludes halogenated alkanes) is 9. The van der Waals surface area contributed by atoms with Crippen molar-refractivity contribution < 1.29 is 14.3 Å². The van der Waals surface area contributed by atoms with E-state index in [1.807, 2.05) is 48.6 Å². The molecule has 0 aromatic heterocycles. The van der Waals surface area contributed by atoms with E-state index in [9.17, 15) is 4.79 Å². The molecule has 0 amide bonds. The van der Waals surface area contributed by atoms with Crippen molar-refractivity contribution in [1.29, 1.82) is 0 Å². The van der Waals surface area contributed by atoms with E-state index in [2.05, 4.69) is 19.1 Å². The molecule has 1 radical (unpaired) electrons. The smallest absolute Gasteiger partial charge is 0.343 e. The summed E-state index contributed by atoms with van der Waals surface area (Å²) in [7, 11) is 0. The van der Waals surface area contributed by atoms with Crippen LogP contribution in [-0.4, -0.2) is 12.6 Å². The number of carbonyl (C=O) groups is 1. The molecule has 1 unspecified atom stereocenters. The lowest BCUT2D eigenvalue weighted by molar-refractivity contribution is 0.0734. The van der Waals surface area contributed by atoms with Gasteiger partial charge in [-0.2, -0.15) is 0 Å². The van der Waals surface area contributed by atoms with Crippen LogP contribution in [0.2, 0.25) is 0 Å². The first-order valence-corrected chi connectivity index (χ1v) is 13.1. The van der Waals surface area contributed by atoms with Gasteiger partial charge in [0.25, 0.3) is 0 Å². The lowest BCUT2D eigenvalue weighted by Gasteiger charge is -2.13. The number of rotatable bonds is 15. The second-order valence-electron chi connectivity index (χ2n) is 9.09. The predicted octanol–water partition coefficient (Wildman–Crippen LogP) is 8.61. The number of benzene rings is 2. The van der Waals surface area contributed by atoms with E-state index < -0.39 is 0 Å². The summed E-state index contributed by atoms with van der Waals surface area (Å²) in [6.07, 6.45) is 23.3. The quantitative estimate of drug-likeness (QED) is 0.152. The van der Waals surface area contributed by atoms with Crippen LogP contribution in [0.4, 0.5) is 0 Å². The van der Waals surface area contributed by atoms with E-state index >= 15 is 0 Å². The first-order valence-electron chi connectivity index (χ1n) is 13.1. The minimum absolute atomic E-state index is 0.357. The SMILES string of the molecule is CCCCCCCCCCCCOc1ccc(C(=O)Oc2ccc(C3C=C[C]=CC3)cc2)cc1. The van der Waals surface area contributed by atoms with Gasteiger partial charge in [-0.05, 0) is 60.9 Å².